The first-order chi connectivity index (χ1) is 15.7. The number of hydrogen-bond acceptors (Lipinski definition) is 4. The standard InChI is InChI=1S/C25H25BrClNO4S/c1-3-4-5-19-6-10-21(11-7-19)28(33(30,31)23-13-8-20(27)9-14-23)25(29)17-32-22-12-15-24(26)18(2)16-22/h6-16H,3-5,17H2,1-2H3. The van der Waals surface area contributed by atoms with Crippen LogP contribution in [0.4, 0.5) is 5.69 Å². The van der Waals surface area contributed by atoms with Gasteiger partial charge < -0.3 is 4.74 Å². The van der Waals surface area contributed by atoms with Gasteiger partial charge in [0.1, 0.15) is 5.75 Å². The lowest BCUT2D eigenvalue weighted by molar-refractivity contribution is -0.119. The molecule has 0 N–H and O–H groups in total. The van der Waals surface area contributed by atoms with Gasteiger partial charge >= 0.3 is 0 Å². The van der Waals surface area contributed by atoms with E-state index in [1.807, 2.05) is 25.1 Å². The van der Waals surface area contributed by atoms with Gasteiger partial charge in [-0.1, -0.05) is 53.0 Å². The zero-order valence-corrected chi connectivity index (χ0v) is 21.6. The molecule has 0 aliphatic heterocycles. The molecule has 0 aliphatic rings. The van der Waals surface area contributed by atoms with E-state index in [0.29, 0.717) is 10.8 Å². The summed E-state index contributed by atoms with van der Waals surface area (Å²) < 4.78 is 34.3. The lowest BCUT2D eigenvalue weighted by Crippen LogP contribution is -2.40. The average molecular weight is 551 g/mol. The Labute approximate surface area is 208 Å². The summed E-state index contributed by atoms with van der Waals surface area (Å²) in [5.41, 5.74) is 2.28. The van der Waals surface area contributed by atoms with Gasteiger partial charge in [-0.25, -0.2) is 8.42 Å². The predicted octanol–water partition coefficient (Wildman–Crippen LogP) is 6.55. The molecule has 33 heavy (non-hydrogen) atoms. The summed E-state index contributed by atoms with van der Waals surface area (Å²) in [4.78, 5) is 13.2. The van der Waals surface area contributed by atoms with Crippen LogP contribution in [0.15, 0.2) is 76.1 Å². The smallest absolute Gasteiger partial charge is 0.278 e. The maximum Gasteiger partial charge on any atom is 0.278 e. The van der Waals surface area contributed by atoms with Gasteiger partial charge in [0, 0.05) is 9.50 Å². The molecule has 0 unspecified atom stereocenters. The Kier molecular flexibility index (Phi) is 8.57. The lowest BCUT2D eigenvalue weighted by atomic mass is 10.1. The topological polar surface area (TPSA) is 63.7 Å². The molecule has 0 saturated carbocycles. The SMILES string of the molecule is CCCCc1ccc(N(C(=O)COc2ccc(Br)c(C)c2)S(=O)(=O)c2ccc(Cl)cc2)cc1. The summed E-state index contributed by atoms with van der Waals surface area (Å²) in [5.74, 6) is -0.227. The molecule has 0 saturated heterocycles. The van der Waals surface area contributed by atoms with E-state index in [0.717, 1.165) is 39.2 Å². The Morgan fingerprint density at radius 1 is 1.03 bits per heavy atom. The van der Waals surface area contributed by atoms with Crippen LogP contribution in [-0.4, -0.2) is 20.9 Å². The number of halogens is 2. The van der Waals surface area contributed by atoms with Crippen molar-refractivity contribution in [3.8, 4) is 5.75 Å². The molecule has 3 aromatic rings. The number of rotatable bonds is 9. The normalized spacial score (nSPS) is 11.3. The highest BCUT2D eigenvalue weighted by Gasteiger charge is 2.31. The summed E-state index contributed by atoms with van der Waals surface area (Å²) in [7, 11) is -4.18. The van der Waals surface area contributed by atoms with Crippen molar-refractivity contribution in [3.05, 3.63) is 87.4 Å². The summed E-state index contributed by atoms with van der Waals surface area (Å²) >= 11 is 9.34. The third-order valence-corrected chi connectivity index (χ3v) is 7.96. The number of nitrogens with zero attached hydrogens (tertiary/aromatic N) is 1. The lowest BCUT2D eigenvalue weighted by Gasteiger charge is -2.23. The summed E-state index contributed by atoms with van der Waals surface area (Å²) in [6.45, 7) is 3.57. The minimum atomic E-state index is -4.18. The van der Waals surface area contributed by atoms with Crippen LogP contribution in [-0.2, 0) is 21.2 Å². The number of aryl methyl sites for hydroxylation is 2. The van der Waals surface area contributed by atoms with E-state index in [2.05, 4.69) is 22.9 Å². The number of carbonyl (C=O) groups excluding carboxylic acids is 1. The molecular weight excluding hydrogens is 526 g/mol. The van der Waals surface area contributed by atoms with E-state index in [1.165, 1.54) is 24.3 Å². The summed E-state index contributed by atoms with van der Waals surface area (Å²) in [5, 5.41) is 0.404. The van der Waals surface area contributed by atoms with E-state index in [1.54, 1.807) is 24.3 Å². The average Bonchev–Trinajstić information content (AvgIpc) is 2.79. The van der Waals surface area contributed by atoms with E-state index in [9.17, 15) is 13.2 Å². The number of carbonyl (C=O) groups is 1. The number of hydrogen-bond donors (Lipinski definition) is 0. The molecule has 0 radical (unpaired) electrons. The van der Waals surface area contributed by atoms with E-state index in [4.69, 9.17) is 16.3 Å². The van der Waals surface area contributed by atoms with Gasteiger partial charge in [0.15, 0.2) is 6.61 Å². The van der Waals surface area contributed by atoms with Crippen molar-refractivity contribution < 1.29 is 17.9 Å². The molecule has 0 bridgehead atoms. The molecular formula is C25H25BrClNO4S. The van der Waals surface area contributed by atoms with Gasteiger partial charge in [-0.3, -0.25) is 4.79 Å². The number of sulfonamides is 1. The fourth-order valence-electron chi connectivity index (χ4n) is 3.22. The second-order valence-corrected chi connectivity index (χ2v) is 10.7. The Hall–Kier alpha value is -2.35. The highest BCUT2D eigenvalue weighted by Crippen LogP contribution is 2.27. The van der Waals surface area contributed by atoms with Crippen molar-refractivity contribution in [3.63, 3.8) is 0 Å². The summed E-state index contributed by atoms with van der Waals surface area (Å²) in [6.07, 6.45) is 2.98. The fourth-order valence-corrected chi connectivity index (χ4v) is 5.00. The first kappa shape index (κ1) is 25.3. The van der Waals surface area contributed by atoms with Crippen LogP contribution < -0.4 is 9.04 Å². The maximum absolute atomic E-state index is 13.5. The van der Waals surface area contributed by atoms with Crippen molar-refractivity contribution in [1.29, 1.82) is 0 Å². The first-order valence-electron chi connectivity index (χ1n) is 10.5. The Bertz CT molecular complexity index is 1210. The Balaban J connectivity index is 1.92. The van der Waals surface area contributed by atoms with Gasteiger partial charge in [0.05, 0.1) is 10.6 Å². The van der Waals surface area contributed by atoms with Crippen molar-refractivity contribution in [2.45, 2.75) is 38.0 Å². The van der Waals surface area contributed by atoms with E-state index in [-0.39, 0.29) is 10.6 Å². The molecule has 0 fully saturated rings. The quantitative estimate of drug-likeness (QED) is 0.303. The second kappa shape index (κ2) is 11.2. The van der Waals surface area contributed by atoms with E-state index >= 15 is 0 Å². The van der Waals surface area contributed by atoms with Crippen LogP contribution in [0.1, 0.15) is 30.9 Å². The van der Waals surface area contributed by atoms with Crippen LogP contribution in [0.2, 0.25) is 5.02 Å². The van der Waals surface area contributed by atoms with Gasteiger partial charge in [-0.2, -0.15) is 4.31 Å². The van der Waals surface area contributed by atoms with Gasteiger partial charge in [0.2, 0.25) is 0 Å². The molecule has 0 aromatic heterocycles. The molecule has 0 spiro atoms. The largest absolute Gasteiger partial charge is 0.484 e. The Morgan fingerprint density at radius 3 is 2.30 bits per heavy atom. The van der Waals surface area contributed by atoms with Crippen molar-refractivity contribution in [2.75, 3.05) is 10.9 Å². The van der Waals surface area contributed by atoms with Gasteiger partial charge in [0.25, 0.3) is 15.9 Å². The minimum Gasteiger partial charge on any atom is -0.484 e. The molecule has 1 amide bonds. The fraction of sp³-hybridized carbons (Fsp3) is 0.240. The number of anilines is 1. The monoisotopic (exact) mass is 549 g/mol. The molecule has 0 heterocycles. The van der Waals surface area contributed by atoms with Crippen LogP contribution in [0.5, 0.6) is 5.75 Å². The number of ether oxygens (including phenoxy) is 1. The molecule has 0 atom stereocenters. The van der Waals surface area contributed by atoms with Crippen LogP contribution >= 0.6 is 27.5 Å². The van der Waals surface area contributed by atoms with Crippen molar-refractivity contribution >= 4 is 49.1 Å². The second-order valence-electron chi connectivity index (χ2n) is 7.59. The Morgan fingerprint density at radius 2 is 1.70 bits per heavy atom. The molecule has 0 aliphatic carbocycles. The maximum atomic E-state index is 13.5. The number of unbranched alkanes of at least 4 members (excludes halogenated alkanes) is 1. The number of amides is 1. The molecule has 3 rings (SSSR count). The highest BCUT2D eigenvalue weighted by molar-refractivity contribution is 9.10. The third kappa shape index (κ3) is 6.37. The molecule has 3 aromatic carbocycles. The van der Waals surface area contributed by atoms with Crippen LogP contribution in [0.25, 0.3) is 0 Å². The van der Waals surface area contributed by atoms with E-state index < -0.39 is 22.5 Å². The number of benzene rings is 3. The third-order valence-electron chi connectivity index (χ3n) is 5.06. The molecule has 174 valence electrons. The van der Waals surface area contributed by atoms with Crippen LogP contribution in [0, 0.1) is 6.92 Å². The molecule has 5 nitrogen and oxygen atoms in total. The minimum absolute atomic E-state index is 0.0326. The van der Waals surface area contributed by atoms with Gasteiger partial charge in [-0.05, 0) is 85.5 Å². The first-order valence-corrected chi connectivity index (χ1v) is 13.1. The van der Waals surface area contributed by atoms with Crippen molar-refractivity contribution in [2.24, 2.45) is 0 Å². The van der Waals surface area contributed by atoms with Crippen molar-refractivity contribution in [1.82, 2.24) is 0 Å². The summed E-state index contributed by atoms with van der Waals surface area (Å²) in [6, 6.07) is 18.0. The predicted molar refractivity (Wildman–Crippen MR) is 136 cm³/mol. The van der Waals surface area contributed by atoms with Gasteiger partial charge in [-0.15, -0.1) is 0 Å². The molecule has 8 heteroatoms. The zero-order chi connectivity index (χ0) is 24.0. The highest BCUT2D eigenvalue weighted by atomic mass is 79.9. The van der Waals surface area contributed by atoms with Crippen LogP contribution in [0.3, 0.4) is 0 Å². The zero-order valence-electron chi connectivity index (χ0n) is 18.4.